The molecule has 100 valence electrons. The van der Waals surface area contributed by atoms with Crippen molar-refractivity contribution < 1.29 is 4.52 Å². The number of fused-ring (bicyclic) bond motifs is 1. The van der Waals surface area contributed by atoms with E-state index < -0.39 is 0 Å². The number of aromatic nitrogens is 2. The molecule has 0 saturated carbocycles. The third-order valence-electron chi connectivity index (χ3n) is 3.89. The molecule has 0 spiro atoms. The average Bonchev–Trinajstić information content (AvgIpc) is 2.95. The fourth-order valence-electron chi connectivity index (χ4n) is 2.40. The lowest BCUT2D eigenvalue weighted by atomic mass is 9.96. The van der Waals surface area contributed by atoms with Crippen LogP contribution in [0.25, 0.3) is 0 Å². The summed E-state index contributed by atoms with van der Waals surface area (Å²) in [5, 5.41) is 7.56. The number of benzene rings is 1. The standard InChI is InChI=1S/C15H19N3O/c1-3-10(2)14-17-15(19-18-14)13-8-11-6-4-5-7-12(11)9-16-13/h4-7,10,13,16H,3,8-9H2,1-2H3. The van der Waals surface area contributed by atoms with Crippen LogP contribution in [-0.4, -0.2) is 10.1 Å². The monoisotopic (exact) mass is 257 g/mol. The predicted molar refractivity (Wildman–Crippen MR) is 72.7 cm³/mol. The molecule has 0 radical (unpaired) electrons. The van der Waals surface area contributed by atoms with Crippen LogP contribution in [0, 0.1) is 0 Å². The van der Waals surface area contributed by atoms with Crippen molar-refractivity contribution in [2.75, 3.05) is 0 Å². The molecule has 2 aromatic rings. The van der Waals surface area contributed by atoms with Crippen LogP contribution in [0.1, 0.15) is 55.1 Å². The Bertz CT molecular complexity index is 564. The summed E-state index contributed by atoms with van der Waals surface area (Å²) in [6, 6.07) is 8.64. The van der Waals surface area contributed by atoms with Gasteiger partial charge in [-0.1, -0.05) is 43.3 Å². The number of hydrogen-bond donors (Lipinski definition) is 1. The molecule has 1 aliphatic heterocycles. The zero-order valence-corrected chi connectivity index (χ0v) is 11.4. The van der Waals surface area contributed by atoms with Crippen molar-refractivity contribution in [2.45, 2.75) is 45.2 Å². The quantitative estimate of drug-likeness (QED) is 0.918. The van der Waals surface area contributed by atoms with E-state index in [0.29, 0.717) is 11.8 Å². The van der Waals surface area contributed by atoms with E-state index in [1.807, 2.05) is 0 Å². The first-order valence-corrected chi connectivity index (χ1v) is 6.91. The van der Waals surface area contributed by atoms with Gasteiger partial charge in [-0.2, -0.15) is 4.98 Å². The minimum absolute atomic E-state index is 0.139. The van der Waals surface area contributed by atoms with Crippen molar-refractivity contribution in [3.8, 4) is 0 Å². The lowest BCUT2D eigenvalue weighted by molar-refractivity contribution is 0.317. The molecule has 1 aromatic carbocycles. The Morgan fingerprint density at radius 3 is 2.95 bits per heavy atom. The Balaban J connectivity index is 1.79. The Hall–Kier alpha value is -1.68. The van der Waals surface area contributed by atoms with E-state index in [1.165, 1.54) is 11.1 Å². The molecule has 0 amide bonds. The molecule has 1 aromatic heterocycles. The maximum absolute atomic E-state index is 5.42. The second-order valence-electron chi connectivity index (χ2n) is 5.21. The summed E-state index contributed by atoms with van der Waals surface area (Å²) >= 11 is 0. The van der Waals surface area contributed by atoms with Crippen LogP contribution < -0.4 is 5.32 Å². The summed E-state index contributed by atoms with van der Waals surface area (Å²) < 4.78 is 5.42. The number of rotatable bonds is 3. The molecule has 0 aliphatic carbocycles. The minimum Gasteiger partial charge on any atom is -0.338 e. The van der Waals surface area contributed by atoms with Gasteiger partial charge in [0, 0.05) is 12.5 Å². The molecular formula is C15H19N3O. The summed E-state index contributed by atoms with van der Waals surface area (Å²) in [6.45, 7) is 5.12. The highest BCUT2D eigenvalue weighted by atomic mass is 16.5. The molecule has 0 fully saturated rings. The molecule has 2 unspecified atom stereocenters. The van der Waals surface area contributed by atoms with Gasteiger partial charge in [-0.05, 0) is 24.0 Å². The molecule has 4 heteroatoms. The van der Waals surface area contributed by atoms with E-state index in [2.05, 4.69) is 53.6 Å². The third-order valence-corrected chi connectivity index (χ3v) is 3.89. The van der Waals surface area contributed by atoms with E-state index in [4.69, 9.17) is 4.52 Å². The second-order valence-corrected chi connectivity index (χ2v) is 5.21. The summed E-state index contributed by atoms with van der Waals surface area (Å²) in [7, 11) is 0. The summed E-state index contributed by atoms with van der Waals surface area (Å²) in [6.07, 6.45) is 1.94. The van der Waals surface area contributed by atoms with Gasteiger partial charge >= 0.3 is 0 Å². The van der Waals surface area contributed by atoms with Crippen molar-refractivity contribution in [2.24, 2.45) is 0 Å². The number of nitrogens with zero attached hydrogens (tertiary/aromatic N) is 2. The number of nitrogens with one attached hydrogen (secondary N) is 1. The lowest BCUT2D eigenvalue weighted by Crippen LogP contribution is -2.28. The van der Waals surface area contributed by atoms with Crippen molar-refractivity contribution in [3.63, 3.8) is 0 Å². The fraction of sp³-hybridized carbons (Fsp3) is 0.467. The van der Waals surface area contributed by atoms with Crippen LogP contribution in [-0.2, 0) is 13.0 Å². The van der Waals surface area contributed by atoms with Crippen molar-refractivity contribution in [1.29, 1.82) is 0 Å². The van der Waals surface area contributed by atoms with E-state index in [9.17, 15) is 0 Å². The Kier molecular flexibility index (Phi) is 3.34. The van der Waals surface area contributed by atoms with Crippen molar-refractivity contribution in [3.05, 3.63) is 47.1 Å². The van der Waals surface area contributed by atoms with Gasteiger partial charge in [0.2, 0.25) is 5.89 Å². The molecule has 1 N–H and O–H groups in total. The van der Waals surface area contributed by atoms with Gasteiger partial charge in [0.15, 0.2) is 5.82 Å². The van der Waals surface area contributed by atoms with Crippen LogP contribution in [0.3, 0.4) is 0 Å². The summed E-state index contributed by atoms with van der Waals surface area (Å²) in [5.41, 5.74) is 2.73. The van der Waals surface area contributed by atoms with Crippen LogP contribution in [0.4, 0.5) is 0 Å². The molecule has 0 bridgehead atoms. The molecule has 4 nitrogen and oxygen atoms in total. The predicted octanol–water partition coefficient (Wildman–Crippen LogP) is 2.97. The third kappa shape index (κ3) is 2.40. The Morgan fingerprint density at radius 1 is 1.37 bits per heavy atom. The molecule has 1 aliphatic rings. The largest absolute Gasteiger partial charge is 0.338 e. The van der Waals surface area contributed by atoms with Gasteiger partial charge < -0.3 is 9.84 Å². The highest BCUT2D eigenvalue weighted by molar-refractivity contribution is 5.30. The highest BCUT2D eigenvalue weighted by Crippen LogP contribution is 2.26. The molecular weight excluding hydrogens is 238 g/mol. The second kappa shape index (κ2) is 5.13. The van der Waals surface area contributed by atoms with Crippen molar-refractivity contribution >= 4 is 0 Å². The van der Waals surface area contributed by atoms with E-state index in [1.54, 1.807) is 0 Å². The van der Waals surface area contributed by atoms with Gasteiger partial charge in [0.25, 0.3) is 0 Å². The van der Waals surface area contributed by atoms with Crippen LogP contribution >= 0.6 is 0 Å². The summed E-state index contributed by atoms with van der Waals surface area (Å²) in [5.74, 6) is 1.89. The maximum atomic E-state index is 5.42. The average molecular weight is 257 g/mol. The SMILES string of the molecule is CCC(C)c1noc(C2Cc3ccccc3CN2)n1. The molecule has 2 atom stereocenters. The first kappa shape index (κ1) is 12.4. The number of hydrogen-bond acceptors (Lipinski definition) is 4. The maximum Gasteiger partial charge on any atom is 0.244 e. The van der Waals surface area contributed by atoms with Gasteiger partial charge in [-0.25, -0.2) is 0 Å². The van der Waals surface area contributed by atoms with E-state index in [0.717, 1.165) is 25.2 Å². The Morgan fingerprint density at radius 2 is 2.16 bits per heavy atom. The highest BCUT2D eigenvalue weighted by Gasteiger charge is 2.24. The molecule has 2 heterocycles. The molecule has 0 saturated heterocycles. The minimum atomic E-state index is 0.139. The topological polar surface area (TPSA) is 51.0 Å². The van der Waals surface area contributed by atoms with Crippen LogP contribution in [0.5, 0.6) is 0 Å². The van der Waals surface area contributed by atoms with Crippen LogP contribution in [0.15, 0.2) is 28.8 Å². The first-order valence-electron chi connectivity index (χ1n) is 6.91. The Labute approximate surface area is 113 Å². The zero-order valence-electron chi connectivity index (χ0n) is 11.4. The molecule has 3 rings (SSSR count). The molecule has 19 heavy (non-hydrogen) atoms. The first-order chi connectivity index (χ1) is 9.28. The van der Waals surface area contributed by atoms with Gasteiger partial charge in [0.1, 0.15) is 0 Å². The van der Waals surface area contributed by atoms with Crippen LogP contribution in [0.2, 0.25) is 0 Å². The van der Waals surface area contributed by atoms with E-state index in [-0.39, 0.29) is 6.04 Å². The zero-order chi connectivity index (χ0) is 13.2. The normalized spacial score (nSPS) is 20.0. The lowest BCUT2D eigenvalue weighted by Gasteiger charge is -2.23. The van der Waals surface area contributed by atoms with E-state index >= 15 is 0 Å². The fourth-order valence-corrected chi connectivity index (χ4v) is 2.40. The van der Waals surface area contributed by atoms with Crippen molar-refractivity contribution in [1.82, 2.24) is 15.5 Å². The smallest absolute Gasteiger partial charge is 0.244 e. The van der Waals surface area contributed by atoms with Gasteiger partial charge in [-0.15, -0.1) is 0 Å². The van der Waals surface area contributed by atoms with Gasteiger partial charge in [0.05, 0.1) is 6.04 Å². The summed E-state index contributed by atoms with van der Waals surface area (Å²) in [4.78, 5) is 4.54. The van der Waals surface area contributed by atoms with Gasteiger partial charge in [-0.3, -0.25) is 0 Å².